The van der Waals surface area contributed by atoms with Crippen LogP contribution in [0.25, 0.3) is 0 Å². The van der Waals surface area contributed by atoms with Crippen molar-refractivity contribution in [1.82, 2.24) is 10.2 Å². The summed E-state index contributed by atoms with van der Waals surface area (Å²) in [5.74, 6) is 0.559. The van der Waals surface area contributed by atoms with E-state index in [9.17, 15) is 5.11 Å². The molecule has 15 heavy (non-hydrogen) atoms. The average molecular weight is 231 g/mol. The van der Waals surface area contributed by atoms with E-state index >= 15 is 0 Å². The third-order valence-corrected chi connectivity index (χ3v) is 2.89. The van der Waals surface area contributed by atoms with Gasteiger partial charge in [0.2, 0.25) is 0 Å². The monoisotopic (exact) mass is 230 g/mol. The summed E-state index contributed by atoms with van der Waals surface area (Å²) < 4.78 is 0. The fourth-order valence-corrected chi connectivity index (χ4v) is 2.25. The summed E-state index contributed by atoms with van der Waals surface area (Å²) in [7, 11) is 0. The molecule has 2 unspecified atom stereocenters. The van der Waals surface area contributed by atoms with Gasteiger partial charge < -0.3 is 26.8 Å². The predicted molar refractivity (Wildman–Crippen MR) is 58.5 cm³/mol. The molecule has 0 aromatic heterocycles. The van der Waals surface area contributed by atoms with Crippen LogP contribution in [0.5, 0.6) is 0 Å². The van der Waals surface area contributed by atoms with Gasteiger partial charge in [-0.25, -0.2) is 0 Å². The summed E-state index contributed by atoms with van der Waals surface area (Å²) in [5.41, 5.74) is 12.0. The van der Waals surface area contributed by atoms with Crippen LogP contribution in [0.1, 0.15) is 6.42 Å². The molecule has 0 radical (unpaired) electrons. The summed E-state index contributed by atoms with van der Waals surface area (Å²) in [5, 5.41) is 12.8. The number of nitrogens with one attached hydrogen (secondary N) is 1. The highest BCUT2D eigenvalue weighted by Crippen LogP contribution is 2.27. The minimum Gasteiger partial charge on any atom is -0.391 e. The number of nitrogens with zero attached hydrogens (tertiary/aromatic N) is 1. The Labute approximate surface area is 93.4 Å². The van der Waals surface area contributed by atoms with E-state index in [0.29, 0.717) is 12.4 Å². The summed E-state index contributed by atoms with van der Waals surface area (Å²) in [6.45, 7) is 1.34. The molecule has 6 heteroatoms. The molecule has 0 aromatic rings. The normalized spacial score (nSPS) is 31.6. The molecule has 2 atom stereocenters. The Kier molecular flexibility index (Phi) is 2.67. The van der Waals surface area contributed by atoms with Gasteiger partial charge in [0.15, 0.2) is 0 Å². The fourth-order valence-electron chi connectivity index (χ4n) is 2.14. The zero-order valence-electron chi connectivity index (χ0n) is 8.28. The van der Waals surface area contributed by atoms with Crippen molar-refractivity contribution in [3.63, 3.8) is 0 Å². The van der Waals surface area contributed by atoms with Crippen LogP contribution in [0.2, 0.25) is 0 Å². The van der Waals surface area contributed by atoms with E-state index in [1.165, 1.54) is 0 Å². The molecule has 5 nitrogen and oxygen atoms in total. The summed E-state index contributed by atoms with van der Waals surface area (Å²) in [6, 6.07) is 0.273. The van der Waals surface area contributed by atoms with Crippen LogP contribution in [0.4, 0.5) is 0 Å². The maximum absolute atomic E-state index is 9.58. The molecule has 1 saturated heterocycles. The van der Waals surface area contributed by atoms with E-state index in [1.807, 2.05) is 4.90 Å². The molecule has 0 aliphatic carbocycles. The Bertz CT molecular complexity index is 324. The van der Waals surface area contributed by atoms with E-state index in [0.717, 1.165) is 18.7 Å². The highest BCUT2D eigenvalue weighted by atomic mass is 35.5. The minimum atomic E-state index is -0.303. The minimum absolute atomic E-state index is 0.191. The fraction of sp³-hybridized carbons (Fsp3) is 0.556. The molecule has 1 fully saturated rings. The van der Waals surface area contributed by atoms with Crippen LogP contribution in [0.15, 0.2) is 22.8 Å². The quantitative estimate of drug-likeness (QED) is 0.443. The molecule has 2 heterocycles. The van der Waals surface area contributed by atoms with Crippen LogP contribution in [-0.4, -0.2) is 35.2 Å². The van der Waals surface area contributed by atoms with Crippen LogP contribution in [0, 0.1) is 0 Å². The Morgan fingerprint density at radius 1 is 1.67 bits per heavy atom. The summed E-state index contributed by atoms with van der Waals surface area (Å²) in [6.07, 6.45) is 2.07. The second-order valence-electron chi connectivity index (χ2n) is 3.90. The van der Waals surface area contributed by atoms with Gasteiger partial charge in [-0.3, -0.25) is 0 Å². The van der Waals surface area contributed by atoms with Gasteiger partial charge in [0.05, 0.1) is 11.8 Å². The third kappa shape index (κ3) is 1.98. The number of aliphatic hydroxyl groups excluding tert-OH is 1. The smallest absolute Gasteiger partial charge is 0.120 e. The number of halogens is 1. The number of nitrogens with two attached hydrogens (primary N) is 2. The second kappa shape index (κ2) is 3.83. The predicted octanol–water partition coefficient (Wildman–Crippen LogP) is -0.808. The third-order valence-electron chi connectivity index (χ3n) is 2.78. The van der Waals surface area contributed by atoms with Crippen molar-refractivity contribution in [2.45, 2.75) is 18.6 Å². The van der Waals surface area contributed by atoms with Crippen molar-refractivity contribution < 1.29 is 5.11 Å². The first-order chi connectivity index (χ1) is 7.08. The molecule has 0 bridgehead atoms. The lowest BCUT2D eigenvalue weighted by Crippen LogP contribution is -2.45. The first-order valence-electron chi connectivity index (χ1n) is 4.89. The van der Waals surface area contributed by atoms with E-state index in [4.69, 9.17) is 23.1 Å². The lowest BCUT2D eigenvalue weighted by Gasteiger charge is -2.33. The molecule has 0 saturated carbocycles. The molecule has 0 aromatic carbocycles. The summed E-state index contributed by atoms with van der Waals surface area (Å²) >= 11 is 5.64. The second-order valence-corrected chi connectivity index (χ2v) is 4.34. The van der Waals surface area contributed by atoms with Crippen molar-refractivity contribution >= 4 is 11.6 Å². The standard InChI is InChI=1S/C9H15ClN4O/c10-8(11)2-7-9(12)13-3-5-1-6(15)4-14(5)7/h2,5-6,13,15H,1,3-4,11-12H2/b8-2-. The van der Waals surface area contributed by atoms with Gasteiger partial charge >= 0.3 is 0 Å². The number of fused-ring (bicyclic) bond motifs is 1. The Morgan fingerprint density at radius 3 is 3.07 bits per heavy atom. The van der Waals surface area contributed by atoms with Crippen molar-refractivity contribution in [3.05, 3.63) is 22.8 Å². The zero-order valence-corrected chi connectivity index (χ0v) is 9.04. The first kappa shape index (κ1) is 10.4. The van der Waals surface area contributed by atoms with Gasteiger partial charge in [0.1, 0.15) is 11.0 Å². The maximum atomic E-state index is 9.58. The average Bonchev–Trinajstić information content (AvgIpc) is 2.51. The van der Waals surface area contributed by atoms with Crippen molar-refractivity contribution in [1.29, 1.82) is 0 Å². The zero-order chi connectivity index (χ0) is 11.0. The first-order valence-corrected chi connectivity index (χ1v) is 5.26. The highest BCUT2D eigenvalue weighted by Gasteiger charge is 2.35. The van der Waals surface area contributed by atoms with Crippen molar-refractivity contribution in [2.24, 2.45) is 11.5 Å². The summed E-state index contributed by atoms with van der Waals surface area (Å²) in [4.78, 5) is 2.05. The topological polar surface area (TPSA) is 87.5 Å². The van der Waals surface area contributed by atoms with E-state index in [1.54, 1.807) is 6.08 Å². The van der Waals surface area contributed by atoms with E-state index < -0.39 is 0 Å². The molecule has 2 aliphatic heterocycles. The number of hydrogen-bond donors (Lipinski definition) is 4. The van der Waals surface area contributed by atoms with Gasteiger partial charge in [-0.05, 0) is 12.5 Å². The van der Waals surface area contributed by atoms with Gasteiger partial charge in [0.25, 0.3) is 0 Å². The number of hydrogen-bond acceptors (Lipinski definition) is 5. The van der Waals surface area contributed by atoms with Crippen LogP contribution in [-0.2, 0) is 0 Å². The molecular formula is C9H15ClN4O. The molecule has 6 N–H and O–H groups in total. The number of aliphatic hydroxyl groups is 1. The maximum Gasteiger partial charge on any atom is 0.120 e. The molecule has 0 amide bonds. The molecule has 2 aliphatic rings. The molecule has 84 valence electrons. The van der Waals surface area contributed by atoms with Gasteiger partial charge in [0, 0.05) is 19.1 Å². The van der Waals surface area contributed by atoms with Crippen molar-refractivity contribution in [2.75, 3.05) is 13.1 Å². The number of allylic oxidation sites excluding steroid dienone is 1. The molecule has 0 spiro atoms. The SMILES string of the molecule is NC1=C(/C=C(\N)Cl)N2CC(O)CC2CN1. The van der Waals surface area contributed by atoms with Gasteiger partial charge in [-0.2, -0.15) is 0 Å². The molecular weight excluding hydrogens is 216 g/mol. The van der Waals surface area contributed by atoms with E-state index in [-0.39, 0.29) is 17.3 Å². The van der Waals surface area contributed by atoms with Gasteiger partial charge in [-0.15, -0.1) is 0 Å². The Hall–Kier alpha value is -1.07. The van der Waals surface area contributed by atoms with E-state index in [2.05, 4.69) is 5.32 Å². The lowest BCUT2D eigenvalue weighted by atomic mass is 10.1. The van der Waals surface area contributed by atoms with Crippen LogP contribution >= 0.6 is 11.6 Å². The van der Waals surface area contributed by atoms with Crippen LogP contribution < -0.4 is 16.8 Å². The molecule has 2 rings (SSSR count). The van der Waals surface area contributed by atoms with Gasteiger partial charge in [-0.1, -0.05) is 11.6 Å². The number of rotatable bonds is 1. The Morgan fingerprint density at radius 2 is 2.40 bits per heavy atom. The Balaban J connectivity index is 2.28. The van der Waals surface area contributed by atoms with Crippen molar-refractivity contribution in [3.8, 4) is 0 Å². The highest BCUT2D eigenvalue weighted by molar-refractivity contribution is 6.29. The largest absolute Gasteiger partial charge is 0.391 e. The van der Waals surface area contributed by atoms with Crippen LogP contribution in [0.3, 0.4) is 0 Å². The lowest BCUT2D eigenvalue weighted by molar-refractivity contribution is 0.184.